The summed E-state index contributed by atoms with van der Waals surface area (Å²) >= 11 is 12.6. The molecular formula is C16H9Cl2F4N5OS. The molecule has 0 aliphatic carbocycles. The largest absolute Gasteiger partial charge is 0.432 e. The number of carbonyl (C=O) groups is 1. The van der Waals surface area contributed by atoms with Crippen LogP contribution in [0.4, 0.5) is 29.1 Å². The number of benzene rings is 1. The van der Waals surface area contributed by atoms with E-state index in [0.717, 1.165) is 23.5 Å². The van der Waals surface area contributed by atoms with E-state index in [1.54, 1.807) is 5.10 Å². The monoisotopic (exact) mass is 465 g/mol. The maximum absolute atomic E-state index is 13.6. The fraction of sp³-hybridized carbons (Fsp3) is 0.0625. The number of guanidine groups is 1. The van der Waals surface area contributed by atoms with Crippen LogP contribution in [0.25, 0.3) is 0 Å². The maximum atomic E-state index is 13.6. The summed E-state index contributed by atoms with van der Waals surface area (Å²) in [5.41, 5.74) is -1.02. The first-order valence-corrected chi connectivity index (χ1v) is 9.18. The number of carbonyl (C=O) groups excluding carboxylic acids is 1. The number of aromatic nitrogens is 2. The molecule has 0 saturated heterocycles. The Kier molecular flexibility index (Phi) is 6.10. The van der Waals surface area contributed by atoms with Gasteiger partial charge in [-0.2, -0.15) is 23.3 Å². The number of hydrogen-bond donors (Lipinski definition) is 3. The van der Waals surface area contributed by atoms with Crippen LogP contribution >= 0.6 is 34.5 Å². The number of aliphatic imine (C=N–C) groups is 1. The van der Waals surface area contributed by atoms with E-state index in [1.165, 1.54) is 18.2 Å². The number of aromatic amines is 1. The van der Waals surface area contributed by atoms with Gasteiger partial charge in [0.25, 0.3) is 5.91 Å². The van der Waals surface area contributed by atoms with E-state index >= 15 is 0 Å². The number of rotatable bonds is 3. The molecule has 0 aliphatic rings. The quantitative estimate of drug-likeness (QED) is 0.272. The molecule has 3 N–H and O–H groups in total. The fourth-order valence-electron chi connectivity index (χ4n) is 2.08. The summed E-state index contributed by atoms with van der Waals surface area (Å²) in [6, 6.07) is 7.05. The Labute approximate surface area is 174 Å². The van der Waals surface area contributed by atoms with Gasteiger partial charge in [-0.05, 0) is 30.3 Å². The van der Waals surface area contributed by atoms with Gasteiger partial charge in [0.2, 0.25) is 5.96 Å². The molecule has 6 nitrogen and oxygen atoms in total. The summed E-state index contributed by atoms with van der Waals surface area (Å²) in [5, 5.41) is 10.3. The number of hydrogen-bond acceptors (Lipinski definition) is 4. The van der Waals surface area contributed by atoms with Gasteiger partial charge in [-0.25, -0.2) is 4.39 Å². The van der Waals surface area contributed by atoms with E-state index in [0.29, 0.717) is 10.4 Å². The number of anilines is 1. The Bertz CT molecular complexity index is 1060. The Hall–Kier alpha value is -2.63. The van der Waals surface area contributed by atoms with Crippen molar-refractivity contribution in [2.75, 3.05) is 5.32 Å². The smallest absolute Gasteiger partial charge is 0.325 e. The number of nitrogens with one attached hydrogen (secondary N) is 3. The molecule has 1 amide bonds. The number of H-pyrrole nitrogens is 1. The Balaban J connectivity index is 1.91. The highest BCUT2D eigenvalue weighted by atomic mass is 35.5. The third-order valence-electron chi connectivity index (χ3n) is 3.25. The molecule has 13 heteroatoms. The van der Waals surface area contributed by atoms with Crippen LogP contribution in [0.2, 0.25) is 9.36 Å². The van der Waals surface area contributed by atoms with E-state index in [-0.39, 0.29) is 27.4 Å². The van der Waals surface area contributed by atoms with Crippen molar-refractivity contribution in [2.24, 2.45) is 4.99 Å². The minimum atomic E-state index is -4.65. The molecular weight excluding hydrogens is 457 g/mol. The van der Waals surface area contributed by atoms with Crippen LogP contribution in [-0.4, -0.2) is 22.1 Å². The van der Waals surface area contributed by atoms with Crippen LogP contribution in [0.5, 0.6) is 0 Å². The predicted octanol–water partition coefficient (Wildman–Crippen LogP) is 5.47. The second-order valence-electron chi connectivity index (χ2n) is 5.44. The average molecular weight is 466 g/mol. The Morgan fingerprint density at radius 2 is 1.93 bits per heavy atom. The van der Waals surface area contributed by atoms with Crippen molar-refractivity contribution in [3.8, 4) is 0 Å². The van der Waals surface area contributed by atoms with Crippen LogP contribution in [-0.2, 0) is 6.18 Å². The van der Waals surface area contributed by atoms with Gasteiger partial charge in [0.1, 0.15) is 11.5 Å². The molecule has 1 aromatic carbocycles. The molecule has 0 saturated carbocycles. The van der Waals surface area contributed by atoms with Crippen molar-refractivity contribution in [3.05, 3.63) is 62.1 Å². The van der Waals surface area contributed by atoms with Crippen molar-refractivity contribution >= 4 is 57.9 Å². The van der Waals surface area contributed by atoms with Crippen molar-refractivity contribution in [1.29, 1.82) is 0 Å². The molecule has 2 aromatic heterocycles. The normalized spacial score (nSPS) is 12.1. The molecule has 0 bridgehead atoms. The van der Waals surface area contributed by atoms with Gasteiger partial charge in [0, 0.05) is 16.8 Å². The van der Waals surface area contributed by atoms with Gasteiger partial charge in [-0.3, -0.25) is 15.2 Å². The molecule has 0 atom stereocenters. The Morgan fingerprint density at radius 3 is 2.52 bits per heavy atom. The van der Waals surface area contributed by atoms with Crippen molar-refractivity contribution in [1.82, 2.24) is 15.5 Å². The molecule has 3 rings (SSSR count). The standard InChI is InChI=1S/C16H9Cl2F4N5OS/c17-7-3-8(19)5-9(4-7)23-15(25-14(28)10-1-2-12(18)29-10)24-13-6-11(26-27-13)16(20,21)22/h1-6H,(H3,23,24,25,26,27,28). The second-order valence-corrected chi connectivity index (χ2v) is 7.59. The highest BCUT2D eigenvalue weighted by molar-refractivity contribution is 7.18. The highest BCUT2D eigenvalue weighted by Gasteiger charge is 2.33. The van der Waals surface area contributed by atoms with Gasteiger partial charge >= 0.3 is 6.18 Å². The first-order chi connectivity index (χ1) is 13.6. The summed E-state index contributed by atoms with van der Waals surface area (Å²) in [5.74, 6) is -1.98. The summed E-state index contributed by atoms with van der Waals surface area (Å²) in [6.07, 6.45) is -4.65. The lowest BCUT2D eigenvalue weighted by molar-refractivity contribution is -0.141. The van der Waals surface area contributed by atoms with Crippen LogP contribution in [0.15, 0.2) is 41.4 Å². The van der Waals surface area contributed by atoms with Crippen molar-refractivity contribution < 1.29 is 22.4 Å². The predicted molar refractivity (Wildman–Crippen MR) is 103 cm³/mol. The number of thiophene rings is 1. The summed E-state index contributed by atoms with van der Waals surface area (Å²) < 4.78 is 52.1. The fourth-order valence-corrected chi connectivity index (χ4v) is 3.24. The van der Waals surface area contributed by atoms with E-state index in [1.807, 2.05) is 0 Å². The third-order valence-corrected chi connectivity index (χ3v) is 4.70. The number of amides is 1. The first-order valence-electron chi connectivity index (χ1n) is 7.61. The minimum Gasteiger partial charge on any atom is -0.325 e. The topological polar surface area (TPSA) is 82.2 Å². The molecule has 0 unspecified atom stereocenters. The number of nitrogens with zero attached hydrogens (tertiary/aromatic N) is 2. The van der Waals surface area contributed by atoms with Gasteiger partial charge < -0.3 is 5.32 Å². The summed E-state index contributed by atoms with van der Waals surface area (Å²) in [6.45, 7) is 0. The number of halogens is 6. The molecule has 0 spiro atoms. The lowest BCUT2D eigenvalue weighted by Gasteiger charge is -2.11. The molecule has 29 heavy (non-hydrogen) atoms. The second kappa shape index (κ2) is 8.39. The lowest BCUT2D eigenvalue weighted by atomic mass is 10.3. The molecule has 3 aromatic rings. The van der Waals surface area contributed by atoms with Crippen LogP contribution < -0.4 is 10.6 Å². The van der Waals surface area contributed by atoms with E-state index < -0.39 is 23.6 Å². The maximum Gasteiger partial charge on any atom is 0.432 e. The summed E-state index contributed by atoms with van der Waals surface area (Å²) in [4.78, 5) is 16.4. The zero-order valence-electron chi connectivity index (χ0n) is 13.9. The van der Waals surface area contributed by atoms with Crippen molar-refractivity contribution in [2.45, 2.75) is 6.18 Å². The number of alkyl halides is 3. The molecule has 0 aliphatic heterocycles. The summed E-state index contributed by atoms with van der Waals surface area (Å²) in [7, 11) is 0. The molecule has 0 fully saturated rings. The molecule has 152 valence electrons. The van der Waals surface area contributed by atoms with Crippen LogP contribution in [0.3, 0.4) is 0 Å². The van der Waals surface area contributed by atoms with Gasteiger partial charge in [-0.1, -0.05) is 23.2 Å². The van der Waals surface area contributed by atoms with Crippen LogP contribution in [0, 0.1) is 5.82 Å². The van der Waals surface area contributed by atoms with Gasteiger partial charge in [0.15, 0.2) is 5.82 Å². The lowest BCUT2D eigenvalue weighted by Crippen LogP contribution is -2.35. The van der Waals surface area contributed by atoms with Gasteiger partial charge in [-0.15, -0.1) is 11.3 Å². The zero-order valence-corrected chi connectivity index (χ0v) is 16.3. The minimum absolute atomic E-state index is 0.0577. The van der Waals surface area contributed by atoms with Crippen molar-refractivity contribution in [3.63, 3.8) is 0 Å². The van der Waals surface area contributed by atoms with E-state index in [4.69, 9.17) is 23.2 Å². The van der Waals surface area contributed by atoms with E-state index in [2.05, 4.69) is 20.7 Å². The van der Waals surface area contributed by atoms with Crippen LogP contribution in [0.1, 0.15) is 15.4 Å². The van der Waals surface area contributed by atoms with E-state index in [9.17, 15) is 22.4 Å². The SMILES string of the molecule is O=C(NC(=Nc1cc(C(F)(F)F)[nH]n1)Nc1cc(F)cc(Cl)c1)c1ccc(Cl)s1. The highest BCUT2D eigenvalue weighted by Crippen LogP contribution is 2.29. The van der Waals surface area contributed by atoms with Gasteiger partial charge in [0.05, 0.1) is 9.21 Å². The average Bonchev–Trinajstić information content (AvgIpc) is 3.22. The Morgan fingerprint density at radius 1 is 1.17 bits per heavy atom. The third kappa shape index (κ3) is 5.68. The first kappa shape index (κ1) is 21.1. The molecule has 0 radical (unpaired) electrons. The zero-order chi connectivity index (χ0) is 21.2. The molecule has 2 heterocycles.